The number of imide groups is 1. The maximum absolute atomic E-state index is 13.0. The normalized spacial score (nSPS) is 13.2. The van der Waals surface area contributed by atoms with Crippen molar-refractivity contribution in [2.45, 2.75) is 33.2 Å². The molecule has 0 spiro atoms. The van der Waals surface area contributed by atoms with Crippen molar-refractivity contribution < 1.29 is 19.1 Å². The van der Waals surface area contributed by atoms with E-state index < -0.39 is 11.8 Å². The van der Waals surface area contributed by atoms with Gasteiger partial charge < -0.3 is 15.4 Å². The fourth-order valence-corrected chi connectivity index (χ4v) is 4.00. The molecule has 1 heterocycles. The van der Waals surface area contributed by atoms with E-state index in [1.165, 1.54) is 0 Å². The highest BCUT2D eigenvalue weighted by atomic mass is 35.5. The van der Waals surface area contributed by atoms with E-state index in [2.05, 4.69) is 17.6 Å². The van der Waals surface area contributed by atoms with Gasteiger partial charge in [-0.15, -0.1) is 0 Å². The Balaban J connectivity index is 1.45. The molecule has 0 aliphatic carbocycles. The molecule has 4 rings (SSSR count). The molecule has 8 heteroatoms. The van der Waals surface area contributed by atoms with Crippen LogP contribution in [-0.4, -0.2) is 29.2 Å². The molecule has 0 radical (unpaired) electrons. The molecule has 190 valence electrons. The summed E-state index contributed by atoms with van der Waals surface area (Å²) in [6.45, 7) is 4.70. The molecule has 0 unspecified atom stereocenters. The molecule has 3 amide bonds. The second-order valence-corrected chi connectivity index (χ2v) is 9.08. The highest BCUT2D eigenvalue weighted by Crippen LogP contribution is 2.29. The van der Waals surface area contributed by atoms with Gasteiger partial charge in [0.05, 0.1) is 13.2 Å². The van der Waals surface area contributed by atoms with Gasteiger partial charge in [0.25, 0.3) is 17.7 Å². The Morgan fingerprint density at radius 3 is 2.41 bits per heavy atom. The number of aryl methyl sites for hydroxylation is 1. The van der Waals surface area contributed by atoms with Crippen LogP contribution in [0.15, 0.2) is 83.5 Å². The lowest BCUT2D eigenvalue weighted by molar-refractivity contribution is -0.138. The molecular formula is C29H28ClN3O4. The SMILES string of the molecule is CCCCOc1ccc(NC(=O)c2ccc(C)c(NC3=C(Cl)C(=O)N(Cc4ccccc4)C3=O)c2)cc1. The monoisotopic (exact) mass is 517 g/mol. The van der Waals surface area contributed by atoms with Crippen LogP contribution >= 0.6 is 11.6 Å². The van der Waals surface area contributed by atoms with Crippen LogP contribution in [0.1, 0.15) is 41.3 Å². The molecule has 7 nitrogen and oxygen atoms in total. The van der Waals surface area contributed by atoms with Crippen molar-refractivity contribution in [3.05, 3.63) is 100 Å². The van der Waals surface area contributed by atoms with Crippen molar-refractivity contribution in [2.24, 2.45) is 0 Å². The Morgan fingerprint density at radius 1 is 0.973 bits per heavy atom. The lowest BCUT2D eigenvalue weighted by atomic mass is 10.1. The lowest BCUT2D eigenvalue weighted by Crippen LogP contribution is -2.31. The maximum Gasteiger partial charge on any atom is 0.279 e. The van der Waals surface area contributed by atoms with Crippen molar-refractivity contribution in [1.82, 2.24) is 4.90 Å². The minimum absolute atomic E-state index is 0.0121. The molecular weight excluding hydrogens is 490 g/mol. The molecule has 2 N–H and O–H groups in total. The van der Waals surface area contributed by atoms with Crippen LogP contribution in [0.25, 0.3) is 0 Å². The van der Waals surface area contributed by atoms with E-state index in [0.29, 0.717) is 23.5 Å². The smallest absolute Gasteiger partial charge is 0.279 e. The van der Waals surface area contributed by atoms with E-state index in [0.717, 1.165) is 34.6 Å². The number of nitrogens with one attached hydrogen (secondary N) is 2. The van der Waals surface area contributed by atoms with Gasteiger partial charge in [0.2, 0.25) is 0 Å². The first-order valence-electron chi connectivity index (χ1n) is 12.1. The minimum atomic E-state index is -0.563. The summed E-state index contributed by atoms with van der Waals surface area (Å²) >= 11 is 6.26. The second kappa shape index (κ2) is 11.8. The largest absolute Gasteiger partial charge is 0.494 e. The Kier molecular flexibility index (Phi) is 8.25. The molecule has 0 atom stereocenters. The molecule has 1 aliphatic rings. The highest BCUT2D eigenvalue weighted by molar-refractivity contribution is 6.48. The summed E-state index contributed by atoms with van der Waals surface area (Å²) in [7, 11) is 0. The molecule has 0 aromatic heterocycles. The number of nitrogens with zero attached hydrogens (tertiary/aromatic N) is 1. The number of ether oxygens (including phenoxy) is 1. The lowest BCUT2D eigenvalue weighted by Gasteiger charge is -2.16. The Labute approximate surface area is 221 Å². The van der Waals surface area contributed by atoms with Crippen molar-refractivity contribution in [3.63, 3.8) is 0 Å². The summed E-state index contributed by atoms with van der Waals surface area (Å²) < 4.78 is 5.66. The molecule has 3 aromatic rings. The van der Waals surface area contributed by atoms with Crippen LogP contribution in [0.2, 0.25) is 0 Å². The number of hydrogen-bond donors (Lipinski definition) is 2. The van der Waals surface area contributed by atoms with E-state index >= 15 is 0 Å². The van der Waals surface area contributed by atoms with Gasteiger partial charge in [-0.2, -0.15) is 0 Å². The number of carbonyl (C=O) groups excluding carboxylic acids is 3. The first kappa shape index (κ1) is 26.0. The van der Waals surface area contributed by atoms with E-state index in [-0.39, 0.29) is 23.2 Å². The molecule has 0 bridgehead atoms. The zero-order valence-electron chi connectivity index (χ0n) is 20.7. The van der Waals surface area contributed by atoms with E-state index in [4.69, 9.17) is 16.3 Å². The van der Waals surface area contributed by atoms with Crippen LogP contribution in [0.5, 0.6) is 5.75 Å². The van der Waals surface area contributed by atoms with Crippen LogP contribution in [-0.2, 0) is 16.1 Å². The quantitative estimate of drug-likeness (QED) is 0.260. The van der Waals surface area contributed by atoms with Gasteiger partial charge in [0.15, 0.2) is 0 Å². The first-order valence-corrected chi connectivity index (χ1v) is 12.5. The van der Waals surface area contributed by atoms with Gasteiger partial charge in [-0.25, -0.2) is 0 Å². The van der Waals surface area contributed by atoms with E-state index in [9.17, 15) is 14.4 Å². The molecule has 1 aliphatic heterocycles. The second-order valence-electron chi connectivity index (χ2n) is 8.71. The third-order valence-corrected chi connectivity index (χ3v) is 6.28. The minimum Gasteiger partial charge on any atom is -0.494 e. The summed E-state index contributed by atoms with van der Waals surface area (Å²) in [5.74, 6) is -0.654. The number of amides is 3. The van der Waals surface area contributed by atoms with Crippen molar-refractivity contribution in [3.8, 4) is 5.75 Å². The summed E-state index contributed by atoms with van der Waals surface area (Å²) in [6.07, 6.45) is 2.04. The van der Waals surface area contributed by atoms with Crippen LogP contribution in [0, 0.1) is 6.92 Å². The number of unbranched alkanes of at least 4 members (excludes halogenated alkanes) is 1. The molecule has 3 aromatic carbocycles. The maximum atomic E-state index is 13.0. The number of anilines is 2. The van der Waals surface area contributed by atoms with Gasteiger partial charge in [-0.3, -0.25) is 19.3 Å². The van der Waals surface area contributed by atoms with Crippen molar-refractivity contribution in [1.29, 1.82) is 0 Å². The summed E-state index contributed by atoms with van der Waals surface area (Å²) in [5.41, 5.74) is 3.09. The standard InChI is InChI=1S/C29H28ClN3O4/c1-3-4-16-37-23-14-12-22(13-15-23)31-27(34)21-11-10-19(2)24(17-21)32-26-25(30)28(35)33(29(26)36)18-20-8-6-5-7-9-20/h5-15,17,32H,3-4,16,18H2,1-2H3,(H,31,34). The fraction of sp³-hybridized carbons (Fsp3) is 0.207. The number of hydrogen-bond acceptors (Lipinski definition) is 5. The predicted octanol–water partition coefficient (Wildman–Crippen LogP) is 5.86. The average molecular weight is 518 g/mol. The van der Waals surface area contributed by atoms with Crippen LogP contribution in [0.4, 0.5) is 11.4 Å². The molecule has 0 saturated carbocycles. The van der Waals surface area contributed by atoms with Gasteiger partial charge in [-0.05, 0) is 60.9 Å². The Hall–Kier alpha value is -4.10. The zero-order chi connectivity index (χ0) is 26.4. The van der Waals surface area contributed by atoms with Gasteiger partial charge >= 0.3 is 0 Å². The number of benzene rings is 3. The summed E-state index contributed by atoms with van der Waals surface area (Å²) in [5, 5.41) is 5.66. The predicted molar refractivity (Wildman–Crippen MR) is 144 cm³/mol. The van der Waals surface area contributed by atoms with E-state index in [1.807, 2.05) is 49.4 Å². The zero-order valence-corrected chi connectivity index (χ0v) is 21.5. The summed E-state index contributed by atoms with van der Waals surface area (Å²) in [6, 6.07) is 21.5. The highest BCUT2D eigenvalue weighted by Gasteiger charge is 2.38. The number of rotatable bonds is 10. The first-order chi connectivity index (χ1) is 17.9. The Morgan fingerprint density at radius 2 is 1.70 bits per heavy atom. The van der Waals surface area contributed by atoms with Crippen molar-refractivity contribution >= 4 is 40.7 Å². The molecule has 0 fully saturated rings. The van der Waals surface area contributed by atoms with Crippen molar-refractivity contribution in [2.75, 3.05) is 17.2 Å². The Bertz CT molecular complexity index is 1340. The number of carbonyl (C=O) groups is 3. The van der Waals surface area contributed by atoms with Gasteiger partial charge in [-0.1, -0.05) is 61.3 Å². The van der Waals surface area contributed by atoms with Gasteiger partial charge in [0.1, 0.15) is 16.5 Å². The third kappa shape index (κ3) is 6.19. The van der Waals surface area contributed by atoms with Gasteiger partial charge in [0, 0.05) is 16.9 Å². The molecule has 0 saturated heterocycles. The topological polar surface area (TPSA) is 87.7 Å². The number of halogens is 1. The van der Waals surface area contributed by atoms with Crippen LogP contribution < -0.4 is 15.4 Å². The molecule has 37 heavy (non-hydrogen) atoms. The van der Waals surface area contributed by atoms with Crippen LogP contribution in [0.3, 0.4) is 0 Å². The summed E-state index contributed by atoms with van der Waals surface area (Å²) in [4.78, 5) is 39.7. The average Bonchev–Trinajstić information content (AvgIpc) is 3.10. The third-order valence-electron chi connectivity index (χ3n) is 5.93. The van der Waals surface area contributed by atoms with E-state index in [1.54, 1.807) is 30.3 Å². The fourth-order valence-electron chi connectivity index (χ4n) is 3.77.